The average molecular weight is 450 g/mol. The van der Waals surface area contributed by atoms with Crippen molar-refractivity contribution in [2.45, 2.75) is 39.2 Å². The van der Waals surface area contributed by atoms with E-state index in [1.807, 2.05) is 4.90 Å². The van der Waals surface area contributed by atoms with Crippen LogP contribution in [0.2, 0.25) is 0 Å². The molecule has 32 heavy (non-hydrogen) atoms. The van der Waals surface area contributed by atoms with Gasteiger partial charge in [0.25, 0.3) is 5.91 Å². The summed E-state index contributed by atoms with van der Waals surface area (Å²) in [7, 11) is 0. The highest BCUT2D eigenvalue weighted by molar-refractivity contribution is 5.82. The van der Waals surface area contributed by atoms with Gasteiger partial charge < -0.3 is 24.2 Å². The molecule has 2 amide bonds. The maximum Gasteiger partial charge on any atom is 0.410 e. The van der Waals surface area contributed by atoms with E-state index in [2.05, 4.69) is 0 Å². The first-order valence-electron chi connectivity index (χ1n) is 11.1. The van der Waals surface area contributed by atoms with E-state index in [1.54, 1.807) is 43.9 Å². The summed E-state index contributed by atoms with van der Waals surface area (Å²) in [5.41, 5.74) is -0.0781. The molecule has 1 aromatic carbocycles. The molecular weight excluding hydrogens is 417 g/mol. The first-order chi connectivity index (χ1) is 15.1. The van der Waals surface area contributed by atoms with Gasteiger partial charge in [-0.3, -0.25) is 9.59 Å². The standard InChI is InChI=1S/C23H32FN3O5/c1-23(2,3)32-22(30)27-10-6-7-17(15-27)21(29)31-16-20(28)26-13-11-25(12-14-26)19-9-5-4-8-18(19)24/h4-5,8-9,17H,6-7,10-16H2,1-3H3. The Balaban J connectivity index is 1.43. The van der Waals surface area contributed by atoms with Gasteiger partial charge in [0.2, 0.25) is 0 Å². The van der Waals surface area contributed by atoms with Crippen molar-refractivity contribution in [3.05, 3.63) is 30.1 Å². The van der Waals surface area contributed by atoms with E-state index in [-0.39, 0.29) is 24.9 Å². The number of ether oxygens (including phenoxy) is 2. The number of piperidine rings is 1. The molecule has 0 saturated carbocycles. The lowest BCUT2D eigenvalue weighted by atomic mass is 9.98. The third-order valence-electron chi connectivity index (χ3n) is 5.57. The fourth-order valence-electron chi connectivity index (χ4n) is 3.91. The first kappa shape index (κ1) is 23.8. The highest BCUT2D eigenvalue weighted by atomic mass is 19.1. The number of carbonyl (C=O) groups is 3. The van der Waals surface area contributed by atoms with Crippen LogP contribution in [0.5, 0.6) is 0 Å². The van der Waals surface area contributed by atoms with Crippen molar-refractivity contribution >= 4 is 23.7 Å². The quantitative estimate of drug-likeness (QED) is 0.658. The van der Waals surface area contributed by atoms with Gasteiger partial charge in [-0.05, 0) is 45.7 Å². The molecule has 1 atom stereocenters. The summed E-state index contributed by atoms with van der Waals surface area (Å²) in [6, 6.07) is 6.57. The topological polar surface area (TPSA) is 79.4 Å². The van der Waals surface area contributed by atoms with E-state index in [1.165, 1.54) is 11.0 Å². The fourth-order valence-corrected chi connectivity index (χ4v) is 3.91. The van der Waals surface area contributed by atoms with Crippen molar-refractivity contribution in [2.75, 3.05) is 50.8 Å². The number of hydrogen-bond acceptors (Lipinski definition) is 6. The number of halogens is 1. The minimum absolute atomic E-state index is 0.225. The second-order valence-corrected chi connectivity index (χ2v) is 9.19. The van der Waals surface area contributed by atoms with Gasteiger partial charge in [-0.25, -0.2) is 9.18 Å². The largest absolute Gasteiger partial charge is 0.455 e. The smallest absolute Gasteiger partial charge is 0.410 e. The van der Waals surface area contributed by atoms with E-state index in [0.717, 1.165) is 0 Å². The Hall–Kier alpha value is -2.84. The van der Waals surface area contributed by atoms with Crippen molar-refractivity contribution in [1.29, 1.82) is 0 Å². The second kappa shape index (κ2) is 10.2. The molecule has 9 heteroatoms. The Morgan fingerprint density at radius 1 is 1.03 bits per heavy atom. The zero-order valence-electron chi connectivity index (χ0n) is 19.0. The number of para-hydroxylation sites is 1. The van der Waals surface area contributed by atoms with Crippen LogP contribution in [-0.2, 0) is 19.1 Å². The molecule has 0 spiro atoms. The average Bonchev–Trinajstić information content (AvgIpc) is 2.76. The van der Waals surface area contributed by atoms with Gasteiger partial charge in [0.05, 0.1) is 11.6 Å². The summed E-state index contributed by atoms with van der Waals surface area (Å²) in [4.78, 5) is 42.3. The predicted octanol–water partition coefficient (Wildman–Crippen LogP) is 2.66. The molecule has 3 rings (SSSR count). The number of esters is 1. The van der Waals surface area contributed by atoms with E-state index in [0.29, 0.717) is 51.3 Å². The van der Waals surface area contributed by atoms with Crippen molar-refractivity contribution in [2.24, 2.45) is 5.92 Å². The SMILES string of the molecule is CC(C)(C)OC(=O)N1CCCC(C(=O)OCC(=O)N2CCN(c3ccccc3F)CC2)C1. The van der Waals surface area contributed by atoms with Crippen LogP contribution in [0.4, 0.5) is 14.9 Å². The van der Waals surface area contributed by atoms with Gasteiger partial charge >= 0.3 is 12.1 Å². The number of piperazine rings is 1. The number of likely N-dealkylation sites (tertiary alicyclic amines) is 1. The maximum atomic E-state index is 14.0. The number of amides is 2. The fraction of sp³-hybridized carbons (Fsp3) is 0.609. The number of rotatable bonds is 4. The third-order valence-corrected chi connectivity index (χ3v) is 5.57. The summed E-state index contributed by atoms with van der Waals surface area (Å²) >= 11 is 0. The van der Waals surface area contributed by atoms with Crippen LogP contribution < -0.4 is 4.90 Å². The number of carbonyl (C=O) groups excluding carboxylic acids is 3. The molecule has 8 nitrogen and oxygen atoms in total. The van der Waals surface area contributed by atoms with Gasteiger partial charge in [0.15, 0.2) is 6.61 Å². The highest BCUT2D eigenvalue weighted by Crippen LogP contribution is 2.22. The molecule has 0 aliphatic carbocycles. The Morgan fingerprint density at radius 2 is 1.72 bits per heavy atom. The molecule has 2 saturated heterocycles. The Morgan fingerprint density at radius 3 is 2.38 bits per heavy atom. The number of benzene rings is 1. The molecule has 2 aliphatic heterocycles. The summed E-state index contributed by atoms with van der Waals surface area (Å²) in [5.74, 6) is -1.50. The third kappa shape index (κ3) is 6.34. The number of nitrogens with zero attached hydrogens (tertiary/aromatic N) is 3. The molecule has 2 fully saturated rings. The molecule has 0 radical (unpaired) electrons. The predicted molar refractivity (Wildman–Crippen MR) is 117 cm³/mol. The van der Waals surface area contributed by atoms with E-state index in [9.17, 15) is 18.8 Å². The zero-order chi connectivity index (χ0) is 23.3. The van der Waals surface area contributed by atoms with Crippen LogP contribution in [0.25, 0.3) is 0 Å². The minimum atomic E-state index is -0.604. The summed E-state index contributed by atoms with van der Waals surface area (Å²) < 4.78 is 24.6. The Labute approximate surface area is 188 Å². The number of hydrogen-bond donors (Lipinski definition) is 0. The minimum Gasteiger partial charge on any atom is -0.455 e. The van der Waals surface area contributed by atoms with Crippen molar-refractivity contribution in [3.63, 3.8) is 0 Å². The van der Waals surface area contributed by atoms with Crippen LogP contribution in [0, 0.1) is 11.7 Å². The molecule has 176 valence electrons. The molecule has 0 bridgehead atoms. The molecule has 2 heterocycles. The molecule has 1 aromatic rings. The first-order valence-corrected chi connectivity index (χ1v) is 11.1. The molecule has 0 N–H and O–H groups in total. The zero-order valence-corrected chi connectivity index (χ0v) is 19.0. The van der Waals surface area contributed by atoms with Gasteiger partial charge in [-0.1, -0.05) is 12.1 Å². The van der Waals surface area contributed by atoms with Crippen LogP contribution in [0.15, 0.2) is 24.3 Å². The molecule has 1 unspecified atom stereocenters. The monoisotopic (exact) mass is 449 g/mol. The second-order valence-electron chi connectivity index (χ2n) is 9.19. The lowest BCUT2D eigenvalue weighted by Crippen LogP contribution is -2.50. The van der Waals surface area contributed by atoms with Gasteiger partial charge in [-0.15, -0.1) is 0 Å². The van der Waals surface area contributed by atoms with Gasteiger partial charge in [0, 0.05) is 39.3 Å². The van der Waals surface area contributed by atoms with Gasteiger partial charge in [-0.2, -0.15) is 0 Å². The van der Waals surface area contributed by atoms with E-state index >= 15 is 0 Å². The van der Waals surface area contributed by atoms with Crippen molar-refractivity contribution in [1.82, 2.24) is 9.80 Å². The molecule has 2 aliphatic rings. The Kier molecular flexibility index (Phi) is 7.58. The lowest BCUT2D eigenvalue weighted by molar-refractivity contribution is -0.157. The number of anilines is 1. The molecular formula is C23H32FN3O5. The van der Waals surface area contributed by atoms with Crippen molar-refractivity contribution in [3.8, 4) is 0 Å². The summed E-state index contributed by atoms with van der Waals surface area (Å²) in [5, 5.41) is 0. The van der Waals surface area contributed by atoms with E-state index < -0.39 is 23.6 Å². The molecule has 0 aromatic heterocycles. The van der Waals surface area contributed by atoms with Crippen LogP contribution in [0.1, 0.15) is 33.6 Å². The summed E-state index contributed by atoms with van der Waals surface area (Å²) in [6.45, 7) is 7.69. The van der Waals surface area contributed by atoms with Crippen molar-refractivity contribution < 1.29 is 28.2 Å². The van der Waals surface area contributed by atoms with Crippen LogP contribution in [0.3, 0.4) is 0 Å². The Bertz CT molecular complexity index is 833. The normalized spacial score (nSPS) is 19.5. The highest BCUT2D eigenvalue weighted by Gasteiger charge is 2.32. The van der Waals surface area contributed by atoms with E-state index in [4.69, 9.17) is 9.47 Å². The summed E-state index contributed by atoms with van der Waals surface area (Å²) in [6.07, 6.45) is 0.831. The maximum absolute atomic E-state index is 14.0. The van der Waals surface area contributed by atoms with Gasteiger partial charge in [0.1, 0.15) is 11.4 Å². The van der Waals surface area contributed by atoms with Crippen LogP contribution in [-0.4, -0.2) is 79.2 Å². The lowest BCUT2D eigenvalue weighted by Gasteiger charge is -2.36. The van der Waals surface area contributed by atoms with Crippen LogP contribution >= 0.6 is 0 Å².